The Bertz CT molecular complexity index is 1140. The van der Waals surface area contributed by atoms with Gasteiger partial charge in [0.2, 0.25) is 5.91 Å². The van der Waals surface area contributed by atoms with Crippen LogP contribution in [-0.4, -0.2) is 27.1 Å². The summed E-state index contributed by atoms with van der Waals surface area (Å²) in [4.78, 5) is 33.2. The zero-order valence-corrected chi connectivity index (χ0v) is 20.2. The van der Waals surface area contributed by atoms with Crippen molar-refractivity contribution in [2.45, 2.75) is 53.6 Å². The van der Waals surface area contributed by atoms with Crippen LogP contribution in [0.1, 0.15) is 47.5 Å². The SMILES string of the molecule is Cc1ccc(-c2c(CC(=O)NCc3cccnc3)c(C)nc(CC(C)C)c2CNC(=O)O)cc1. The van der Waals surface area contributed by atoms with Gasteiger partial charge in [0.15, 0.2) is 0 Å². The van der Waals surface area contributed by atoms with Crippen LogP contribution in [-0.2, 0) is 30.7 Å². The van der Waals surface area contributed by atoms with E-state index in [2.05, 4.69) is 29.5 Å². The molecule has 7 nitrogen and oxygen atoms in total. The topological polar surface area (TPSA) is 104 Å². The van der Waals surface area contributed by atoms with Crippen LogP contribution in [0.3, 0.4) is 0 Å². The molecule has 0 bridgehead atoms. The zero-order chi connectivity index (χ0) is 24.7. The predicted molar refractivity (Wildman–Crippen MR) is 132 cm³/mol. The number of aryl methyl sites for hydroxylation is 2. The molecule has 178 valence electrons. The minimum absolute atomic E-state index is 0.123. The average molecular weight is 461 g/mol. The van der Waals surface area contributed by atoms with Gasteiger partial charge in [0.05, 0.1) is 6.42 Å². The fourth-order valence-electron chi connectivity index (χ4n) is 3.97. The van der Waals surface area contributed by atoms with E-state index in [4.69, 9.17) is 4.98 Å². The molecule has 0 saturated heterocycles. The van der Waals surface area contributed by atoms with Crippen molar-refractivity contribution in [3.05, 3.63) is 82.4 Å². The lowest BCUT2D eigenvalue weighted by Crippen LogP contribution is -2.27. The number of nitrogens with zero attached hydrogens (tertiary/aromatic N) is 2. The molecule has 3 N–H and O–H groups in total. The lowest BCUT2D eigenvalue weighted by Gasteiger charge is -2.22. The minimum atomic E-state index is -1.10. The highest BCUT2D eigenvalue weighted by Gasteiger charge is 2.22. The van der Waals surface area contributed by atoms with Crippen LogP contribution in [0.2, 0.25) is 0 Å². The molecular formula is C27H32N4O3. The molecule has 0 spiro atoms. The molecular weight excluding hydrogens is 428 g/mol. The summed E-state index contributed by atoms with van der Waals surface area (Å²) in [5.41, 5.74) is 7.13. The van der Waals surface area contributed by atoms with Crippen LogP contribution in [0, 0.1) is 19.8 Å². The number of carbonyl (C=O) groups excluding carboxylic acids is 1. The lowest BCUT2D eigenvalue weighted by atomic mass is 9.88. The van der Waals surface area contributed by atoms with Crippen molar-refractivity contribution in [2.24, 2.45) is 5.92 Å². The Balaban J connectivity index is 2.05. The van der Waals surface area contributed by atoms with Crippen LogP contribution < -0.4 is 10.6 Å². The van der Waals surface area contributed by atoms with Gasteiger partial charge in [-0.3, -0.25) is 14.8 Å². The Hall–Kier alpha value is -3.74. The third-order valence-corrected chi connectivity index (χ3v) is 5.60. The molecule has 0 saturated carbocycles. The molecule has 3 rings (SSSR count). The first-order valence-corrected chi connectivity index (χ1v) is 11.4. The first kappa shape index (κ1) is 24.9. The quantitative estimate of drug-likeness (QED) is 0.433. The summed E-state index contributed by atoms with van der Waals surface area (Å²) in [5.74, 6) is 0.214. The summed E-state index contributed by atoms with van der Waals surface area (Å²) in [6.07, 6.45) is 3.18. The second-order valence-corrected chi connectivity index (χ2v) is 8.91. The molecule has 3 aromatic rings. The van der Waals surface area contributed by atoms with Gasteiger partial charge in [0.1, 0.15) is 0 Å². The Labute approximate surface area is 200 Å². The number of rotatable bonds is 9. The highest BCUT2D eigenvalue weighted by molar-refractivity contribution is 5.84. The second-order valence-electron chi connectivity index (χ2n) is 8.91. The van der Waals surface area contributed by atoms with Crippen molar-refractivity contribution in [1.29, 1.82) is 0 Å². The van der Waals surface area contributed by atoms with E-state index in [9.17, 15) is 14.7 Å². The van der Waals surface area contributed by atoms with E-state index in [-0.39, 0.29) is 18.9 Å². The average Bonchev–Trinajstić information content (AvgIpc) is 2.79. The molecule has 34 heavy (non-hydrogen) atoms. The summed E-state index contributed by atoms with van der Waals surface area (Å²) < 4.78 is 0. The molecule has 0 atom stereocenters. The highest BCUT2D eigenvalue weighted by Crippen LogP contribution is 2.33. The second kappa shape index (κ2) is 11.4. The fourth-order valence-corrected chi connectivity index (χ4v) is 3.97. The van der Waals surface area contributed by atoms with Crippen molar-refractivity contribution in [1.82, 2.24) is 20.6 Å². The summed E-state index contributed by atoms with van der Waals surface area (Å²) in [6.45, 7) is 8.66. The minimum Gasteiger partial charge on any atom is -0.465 e. The highest BCUT2D eigenvalue weighted by atomic mass is 16.4. The molecule has 2 aromatic heterocycles. The van der Waals surface area contributed by atoms with Crippen LogP contribution in [0.25, 0.3) is 11.1 Å². The maximum absolute atomic E-state index is 12.9. The van der Waals surface area contributed by atoms with Crippen LogP contribution in [0.15, 0.2) is 48.8 Å². The molecule has 0 fully saturated rings. The van der Waals surface area contributed by atoms with Gasteiger partial charge < -0.3 is 15.7 Å². The molecule has 2 amide bonds. The van der Waals surface area contributed by atoms with Crippen molar-refractivity contribution in [3.63, 3.8) is 0 Å². The number of hydrogen-bond donors (Lipinski definition) is 3. The standard InChI is InChI=1S/C27H32N4O3/c1-17(2)12-24-23(16-30-27(33)34)26(21-9-7-18(3)8-10-21)22(19(4)31-24)13-25(32)29-15-20-6-5-11-28-14-20/h5-11,14,17,30H,12-13,15-16H2,1-4H3,(H,29,32)(H,33,34). The number of carboxylic acid groups (broad SMARTS) is 1. The molecule has 0 aliphatic carbocycles. The van der Waals surface area contributed by atoms with Crippen molar-refractivity contribution in [3.8, 4) is 11.1 Å². The first-order valence-electron chi connectivity index (χ1n) is 11.4. The Morgan fingerprint density at radius 3 is 2.35 bits per heavy atom. The fraction of sp³-hybridized carbons (Fsp3) is 0.333. The van der Waals surface area contributed by atoms with Gasteiger partial charge in [-0.2, -0.15) is 0 Å². The van der Waals surface area contributed by atoms with E-state index < -0.39 is 6.09 Å². The van der Waals surface area contributed by atoms with Crippen molar-refractivity contribution in [2.75, 3.05) is 0 Å². The Morgan fingerprint density at radius 1 is 1.00 bits per heavy atom. The number of amides is 2. The molecule has 0 radical (unpaired) electrons. The Morgan fingerprint density at radius 2 is 1.74 bits per heavy atom. The number of pyridine rings is 2. The Kier molecular flexibility index (Phi) is 8.35. The van der Waals surface area contributed by atoms with Gasteiger partial charge in [-0.05, 0) is 54.5 Å². The van der Waals surface area contributed by atoms with E-state index in [0.717, 1.165) is 44.8 Å². The van der Waals surface area contributed by atoms with E-state index in [1.165, 1.54) is 0 Å². The number of hydrogen-bond acceptors (Lipinski definition) is 4. The number of benzene rings is 1. The molecule has 1 aromatic carbocycles. The number of carbonyl (C=O) groups is 2. The van der Waals surface area contributed by atoms with Gasteiger partial charge >= 0.3 is 6.09 Å². The molecule has 2 heterocycles. The first-order chi connectivity index (χ1) is 16.2. The molecule has 0 aliphatic heterocycles. The van der Waals surface area contributed by atoms with Crippen molar-refractivity contribution < 1.29 is 14.7 Å². The van der Waals surface area contributed by atoms with Crippen LogP contribution >= 0.6 is 0 Å². The van der Waals surface area contributed by atoms with E-state index in [0.29, 0.717) is 18.9 Å². The third kappa shape index (κ3) is 6.63. The smallest absolute Gasteiger partial charge is 0.404 e. The maximum Gasteiger partial charge on any atom is 0.404 e. The normalized spacial score (nSPS) is 10.9. The van der Waals surface area contributed by atoms with E-state index >= 15 is 0 Å². The van der Waals surface area contributed by atoms with Gasteiger partial charge in [-0.1, -0.05) is 49.7 Å². The van der Waals surface area contributed by atoms with E-state index in [1.807, 2.05) is 50.2 Å². The maximum atomic E-state index is 12.9. The lowest BCUT2D eigenvalue weighted by molar-refractivity contribution is -0.120. The monoisotopic (exact) mass is 460 g/mol. The largest absolute Gasteiger partial charge is 0.465 e. The molecule has 0 aliphatic rings. The summed E-state index contributed by atoms with van der Waals surface area (Å²) in [7, 11) is 0. The number of nitrogens with one attached hydrogen (secondary N) is 2. The van der Waals surface area contributed by atoms with E-state index in [1.54, 1.807) is 12.4 Å². The van der Waals surface area contributed by atoms with Crippen LogP contribution in [0.5, 0.6) is 0 Å². The summed E-state index contributed by atoms with van der Waals surface area (Å²) in [6, 6.07) is 11.8. The van der Waals surface area contributed by atoms with Crippen molar-refractivity contribution >= 4 is 12.0 Å². The molecule has 7 heteroatoms. The van der Waals surface area contributed by atoms with Gasteiger partial charge in [0, 0.05) is 42.4 Å². The summed E-state index contributed by atoms with van der Waals surface area (Å²) in [5, 5.41) is 14.8. The zero-order valence-electron chi connectivity index (χ0n) is 20.2. The van der Waals surface area contributed by atoms with Gasteiger partial charge in [-0.25, -0.2) is 4.79 Å². The third-order valence-electron chi connectivity index (χ3n) is 5.60. The molecule has 0 unspecified atom stereocenters. The number of aromatic nitrogens is 2. The van der Waals surface area contributed by atoms with Crippen LogP contribution in [0.4, 0.5) is 4.79 Å². The van der Waals surface area contributed by atoms with Gasteiger partial charge in [0.25, 0.3) is 0 Å². The van der Waals surface area contributed by atoms with Gasteiger partial charge in [-0.15, -0.1) is 0 Å². The predicted octanol–water partition coefficient (Wildman–Crippen LogP) is 4.59. The summed E-state index contributed by atoms with van der Waals surface area (Å²) >= 11 is 0.